The average molecular weight is 407 g/mol. The highest BCUT2D eigenvalue weighted by molar-refractivity contribution is 8.04. The smallest absolute Gasteiger partial charge is 0.395 e. The van der Waals surface area contributed by atoms with E-state index in [0.29, 0.717) is 5.56 Å². The molecule has 2 amide bonds. The Hall–Kier alpha value is -2.54. The number of amides is 2. The van der Waals surface area contributed by atoms with Gasteiger partial charge in [-0.15, -0.1) is 8.78 Å². The SMILES string of the molecule is CN1C(=O)C23C[C@](C)(C#N)[C@H](c4ccc5c(c4)OC(F)(F)O5)N2C(=O)C1(C)S3. The third kappa shape index (κ3) is 1.78. The summed E-state index contributed by atoms with van der Waals surface area (Å²) in [7, 11) is 1.58. The molecule has 28 heavy (non-hydrogen) atoms. The van der Waals surface area contributed by atoms with E-state index in [4.69, 9.17) is 0 Å². The number of benzene rings is 1. The van der Waals surface area contributed by atoms with Crippen LogP contribution >= 0.6 is 11.8 Å². The van der Waals surface area contributed by atoms with E-state index in [9.17, 15) is 23.6 Å². The second-order valence-corrected chi connectivity index (χ2v) is 9.57. The molecule has 2 unspecified atom stereocenters. The first-order valence-electron chi connectivity index (χ1n) is 8.61. The number of fused-ring (bicyclic) bond motifs is 2. The zero-order valence-electron chi connectivity index (χ0n) is 15.2. The molecular weight excluding hydrogens is 392 g/mol. The largest absolute Gasteiger partial charge is 0.586 e. The van der Waals surface area contributed by atoms with E-state index < -0.39 is 27.5 Å². The third-order valence-corrected chi connectivity index (χ3v) is 7.82. The van der Waals surface area contributed by atoms with Crippen LogP contribution in [0.4, 0.5) is 8.78 Å². The molecule has 0 radical (unpaired) electrons. The van der Waals surface area contributed by atoms with Gasteiger partial charge < -0.3 is 19.3 Å². The molecule has 0 aliphatic carbocycles. The van der Waals surface area contributed by atoms with Gasteiger partial charge in [0.1, 0.15) is 0 Å². The minimum absolute atomic E-state index is 0.119. The van der Waals surface area contributed by atoms with Gasteiger partial charge in [0, 0.05) is 13.5 Å². The van der Waals surface area contributed by atoms with Crippen molar-refractivity contribution in [2.45, 2.75) is 42.3 Å². The highest BCUT2D eigenvalue weighted by Gasteiger charge is 2.78. The Balaban J connectivity index is 1.66. The van der Waals surface area contributed by atoms with E-state index in [0.717, 1.165) is 0 Å². The number of likely N-dealkylation sites (N-methyl/N-ethyl adjacent to an activating group) is 1. The van der Waals surface area contributed by atoms with Crippen molar-refractivity contribution in [3.8, 4) is 17.6 Å². The molecule has 4 aliphatic rings. The van der Waals surface area contributed by atoms with Gasteiger partial charge in [-0.2, -0.15) is 5.26 Å². The van der Waals surface area contributed by atoms with Crippen LogP contribution in [0.2, 0.25) is 0 Å². The molecule has 3 fully saturated rings. The Kier molecular flexibility index (Phi) is 2.95. The van der Waals surface area contributed by atoms with E-state index in [1.807, 2.05) is 0 Å². The molecule has 2 bridgehead atoms. The van der Waals surface area contributed by atoms with Crippen molar-refractivity contribution < 1.29 is 27.8 Å². The molecule has 10 heteroatoms. The quantitative estimate of drug-likeness (QED) is 0.711. The van der Waals surface area contributed by atoms with E-state index in [-0.39, 0.29) is 29.7 Å². The van der Waals surface area contributed by atoms with Crippen LogP contribution in [0.15, 0.2) is 18.2 Å². The van der Waals surface area contributed by atoms with Crippen molar-refractivity contribution in [3.63, 3.8) is 0 Å². The number of hydrogen-bond donors (Lipinski definition) is 0. The van der Waals surface area contributed by atoms with Crippen LogP contribution in [-0.4, -0.2) is 44.7 Å². The molecule has 1 aromatic carbocycles. The molecular formula is C18H15F2N3O4S. The number of carbonyl (C=O) groups is 2. The summed E-state index contributed by atoms with van der Waals surface area (Å²) >= 11 is 1.24. The van der Waals surface area contributed by atoms with Gasteiger partial charge in [0.05, 0.1) is 17.5 Å². The van der Waals surface area contributed by atoms with Crippen molar-refractivity contribution in [1.29, 1.82) is 5.26 Å². The van der Waals surface area contributed by atoms with Gasteiger partial charge in [-0.3, -0.25) is 9.59 Å². The van der Waals surface area contributed by atoms with Gasteiger partial charge in [0.15, 0.2) is 21.2 Å². The fourth-order valence-corrected chi connectivity index (χ4v) is 6.72. The zero-order valence-corrected chi connectivity index (χ0v) is 16.0. The molecule has 0 N–H and O–H groups in total. The summed E-state index contributed by atoms with van der Waals surface area (Å²) in [5.41, 5.74) is -0.636. The summed E-state index contributed by atoms with van der Waals surface area (Å²) in [5.74, 6) is -0.781. The Bertz CT molecular complexity index is 1010. The highest BCUT2D eigenvalue weighted by atomic mass is 32.2. The number of ether oxygens (including phenoxy) is 2. The summed E-state index contributed by atoms with van der Waals surface area (Å²) in [6.07, 6.45) is -3.61. The second kappa shape index (κ2) is 4.71. The number of hydrogen-bond acceptors (Lipinski definition) is 6. The van der Waals surface area contributed by atoms with Gasteiger partial charge in [0.25, 0.3) is 11.8 Å². The Labute approximate surface area is 163 Å². The first-order chi connectivity index (χ1) is 13.0. The minimum Gasteiger partial charge on any atom is -0.395 e. The lowest BCUT2D eigenvalue weighted by Gasteiger charge is -2.40. The van der Waals surface area contributed by atoms with Crippen LogP contribution in [-0.2, 0) is 9.59 Å². The molecule has 0 aromatic heterocycles. The Morgan fingerprint density at radius 3 is 2.57 bits per heavy atom. The lowest BCUT2D eigenvalue weighted by atomic mass is 9.79. The summed E-state index contributed by atoms with van der Waals surface area (Å²) < 4.78 is 35.7. The fourth-order valence-electron chi connectivity index (χ4n) is 4.78. The number of alkyl halides is 2. The normalized spacial score (nSPS) is 39.5. The number of nitriles is 1. The molecule has 5 rings (SSSR count). The maximum atomic E-state index is 13.4. The maximum Gasteiger partial charge on any atom is 0.586 e. The standard InChI is InChI=1S/C18H15F2N3O4S/c1-15(8-21)7-17-14(25)22(3)16(2,28-17)13(24)23(17)12(15)9-4-5-10-11(6-9)27-18(19,20)26-10/h4-6,12H,7H2,1-3H3/t12-,15+,16?,17?/m0/s1. The fraction of sp³-hybridized carbons (Fsp3) is 0.500. The number of thioether (sulfide) groups is 1. The average Bonchev–Trinajstić information content (AvgIpc) is 3.21. The van der Waals surface area contributed by atoms with Gasteiger partial charge in [0.2, 0.25) is 0 Å². The summed E-state index contributed by atoms with van der Waals surface area (Å²) in [4.78, 5) is 27.0. The van der Waals surface area contributed by atoms with Crippen LogP contribution in [0.25, 0.3) is 0 Å². The summed E-state index contributed by atoms with van der Waals surface area (Å²) in [6.45, 7) is 3.37. The number of halogens is 2. The lowest BCUT2D eigenvalue weighted by Crippen LogP contribution is -2.60. The molecule has 7 nitrogen and oxygen atoms in total. The summed E-state index contributed by atoms with van der Waals surface area (Å²) in [5, 5.41) is 9.92. The first-order valence-corrected chi connectivity index (χ1v) is 9.42. The molecule has 1 aromatic rings. The molecule has 4 atom stereocenters. The predicted octanol–water partition coefficient (Wildman–Crippen LogP) is 2.44. The van der Waals surface area contributed by atoms with Crippen LogP contribution < -0.4 is 9.47 Å². The first kappa shape index (κ1) is 17.6. The molecule has 4 aliphatic heterocycles. The molecule has 3 saturated heterocycles. The number of carbonyl (C=O) groups excluding carboxylic acids is 2. The monoisotopic (exact) mass is 407 g/mol. The lowest BCUT2D eigenvalue weighted by molar-refractivity contribution is -0.286. The molecule has 146 valence electrons. The van der Waals surface area contributed by atoms with Crippen molar-refractivity contribution in [1.82, 2.24) is 9.80 Å². The second-order valence-electron chi connectivity index (χ2n) is 7.89. The highest BCUT2D eigenvalue weighted by Crippen LogP contribution is 2.69. The van der Waals surface area contributed by atoms with Crippen LogP contribution in [0.5, 0.6) is 11.5 Å². The number of piperazine rings is 1. The minimum atomic E-state index is -3.76. The van der Waals surface area contributed by atoms with Crippen molar-refractivity contribution in [3.05, 3.63) is 23.8 Å². The van der Waals surface area contributed by atoms with E-state index in [1.165, 1.54) is 39.8 Å². The Morgan fingerprint density at radius 1 is 1.21 bits per heavy atom. The van der Waals surface area contributed by atoms with Gasteiger partial charge in [-0.1, -0.05) is 17.8 Å². The Morgan fingerprint density at radius 2 is 1.89 bits per heavy atom. The van der Waals surface area contributed by atoms with E-state index >= 15 is 0 Å². The van der Waals surface area contributed by atoms with Crippen molar-refractivity contribution in [2.24, 2.45) is 5.41 Å². The van der Waals surface area contributed by atoms with E-state index in [1.54, 1.807) is 20.9 Å². The van der Waals surface area contributed by atoms with Gasteiger partial charge >= 0.3 is 6.29 Å². The van der Waals surface area contributed by atoms with E-state index in [2.05, 4.69) is 15.5 Å². The topological polar surface area (TPSA) is 82.9 Å². The molecule has 0 saturated carbocycles. The van der Waals surface area contributed by atoms with Crippen LogP contribution in [0, 0.1) is 16.7 Å². The molecule has 4 heterocycles. The van der Waals surface area contributed by atoms with Crippen LogP contribution in [0.3, 0.4) is 0 Å². The third-order valence-electron chi connectivity index (χ3n) is 6.12. The number of rotatable bonds is 1. The van der Waals surface area contributed by atoms with Crippen molar-refractivity contribution in [2.75, 3.05) is 7.05 Å². The maximum absolute atomic E-state index is 13.4. The molecule has 1 spiro atoms. The van der Waals surface area contributed by atoms with Crippen molar-refractivity contribution >= 4 is 23.6 Å². The van der Waals surface area contributed by atoms with Gasteiger partial charge in [-0.05, 0) is 31.5 Å². The predicted molar refractivity (Wildman–Crippen MR) is 92.1 cm³/mol. The summed E-state index contributed by atoms with van der Waals surface area (Å²) in [6, 6.07) is 5.69. The number of nitrogens with zero attached hydrogens (tertiary/aromatic N) is 3. The van der Waals surface area contributed by atoms with Gasteiger partial charge in [-0.25, -0.2) is 0 Å². The van der Waals surface area contributed by atoms with Crippen LogP contribution in [0.1, 0.15) is 31.9 Å². The zero-order chi connectivity index (χ0) is 20.3.